The normalized spacial score (nSPS) is 31.2. The fourth-order valence-electron chi connectivity index (χ4n) is 5.49. The quantitative estimate of drug-likeness (QED) is 0.726. The molecule has 0 radical (unpaired) electrons. The number of amides is 2. The van der Waals surface area contributed by atoms with Gasteiger partial charge in [0.25, 0.3) is 0 Å². The highest BCUT2D eigenvalue weighted by Gasteiger charge is 2.57. The van der Waals surface area contributed by atoms with Crippen molar-refractivity contribution in [3.05, 3.63) is 69.2 Å². The minimum absolute atomic E-state index is 0.0552. The molecule has 0 spiro atoms. The molecule has 4 rings (SSSR count). The number of carbonyl (C=O) groups excluding carboxylic acids is 2. The molecule has 0 unspecified atom stereocenters. The number of fused-ring (bicyclic) bond motifs is 1. The van der Waals surface area contributed by atoms with Crippen molar-refractivity contribution in [1.29, 1.82) is 0 Å². The van der Waals surface area contributed by atoms with Crippen LogP contribution in [0.4, 0.5) is 0 Å². The van der Waals surface area contributed by atoms with Gasteiger partial charge in [-0.15, -0.1) is 0 Å². The highest BCUT2D eigenvalue weighted by atomic mass is 35.5. The first kappa shape index (κ1) is 20.2. The van der Waals surface area contributed by atoms with E-state index in [-0.39, 0.29) is 29.7 Å². The van der Waals surface area contributed by atoms with E-state index in [1.165, 1.54) is 0 Å². The van der Waals surface area contributed by atoms with E-state index in [1.54, 1.807) is 12.1 Å². The molecule has 2 amide bonds. The van der Waals surface area contributed by atoms with Crippen LogP contribution < -0.4 is 11.1 Å². The molecule has 0 bridgehead atoms. The van der Waals surface area contributed by atoms with Crippen LogP contribution in [-0.2, 0) is 4.79 Å². The summed E-state index contributed by atoms with van der Waals surface area (Å²) in [7, 11) is 0. The van der Waals surface area contributed by atoms with Gasteiger partial charge in [-0.25, -0.2) is 0 Å². The molecule has 2 aromatic carbocycles. The molecule has 5 atom stereocenters. The van der Waals surface area contributed by atoms with E-state index < -0.39 is 11.3 Å². The van der Waals surface area contributed by atoms with Gasteiger partial charge in [-0.2, -0.15) is 0 Å². The molecule has 1 saturated carbocycles. The average Bonchev–Trinajstić information content (AvgIpc) is 2.91. The number of hydrogen-bond acceptors (Lipinski definition) is 2. The van der Waals surface area contributed by atoms with Crippen LogP contribution >= 0.6 is 23.2 Å². The van der Waals surface area contributed by atoms with Crippen LogP contribution in [-0.4, -0.2) is 17.9 Å². The van der Waals surface area contributed by atoms with Crippen molar-refractivity contribution < 1.29 is 9.59 Å². The van der Waals surface area contributed by atoms with Crippen LogP contribution in [0.15, 0.2) is 42.5 Å². The molecule has 1 saturated heterocycles. The Morgan fingerprint density at radius 1 is 1.17 bits per heavy atom. The predicted octanol–water partition coefficient (Wildman–Crippen LogP) is 4.89. The molecular formula is C23H24Cl2N2O2. The maximum atomic E-state index is 12.8. The molecule has 1 heterocycles. The standard InChI is InChI=1S/C23H24Cl2N2O2/c1-12-20-19(13-3-6-15(24)7-4-13)17(9-10-23(20,2)22(29)27-12)16-8-5-14(21(26)28)11-18(16)25/h3-8,11-12,17,19-20H,9-10H2,1-2H3,(H2,26,28)(H,27,29)/t12-,17+,19+,20+,23-/m1/s1. The van der Waals surface area contributed by atoms with E-state index in [0.717, 1.165) is 24.0 Å². The molecule has 0 aromatic heterocycles. The minimum Gasteiger partial charge on any atom is -0.366 e. The Kier molecular flexibility index (Phi) is 5.12. The lowest BCUT2D eigenvalue weighted by molar-refractivity contribution is -0.129. The summed E-state index contributed by atoms with van der Waals surface area (Å²) in [5, 5.41) is 4.38. The van der Waals surface area contributed by atoms with Gasteiger partial charge in [-0.3, -0.25) is 9.59 Å². The zero-order valence-electron chi connectivity index (χ0n) is 16.4. The number of halogens is 2. The zero-order chi connectivity index (χ0) is 20.9. The van der Waals surface area contributed by atoms with Crippen LogP contribution in [0.1, 0.15) is 60.0 Å². The second-order valence-electron chi connectivity index (χ2n) is 8.53. The second-order valence-corrected chi connectivity index (χ2v) is 9.37. The first-order valence-corrected chi connectivity index (χ1v) is 10.6. The number of nitrogens with one attached hydrogen (secondary N) is 1. The third-order valence-corrected chi connectivity index (χ3v) is 7.47. The summed E-state index contributed by atoms with van der Waals surface area (Å²) in [6.45, 7) is 4.16. The SMILES string of the molecule is C[C@H]1NC(=O)[C@]2(C)CC[C@@H](c3ccc(C(N)=O)cc3Cl)[C@H](c3ccc(Cl)cc3)[C@H]12. The van der Waals surface area contributed by atoms with Gasteiger partial charge in [0.2, 0.25) is 11.8 Å². The molecule has 152 valence electrons. The first-order chi connectivity index (χ1) is 13.7. The molecule has 2 fully saturated rings. The summed E-state index contributed by atoms with van der Waals surface area (Å²) in [6, 6.07) is 13.2. The van der Waals surface area contributed by atoms with Gasteiger partial charge in [-0.1, -0.05) is 48.3 Å². The first-order valence-electron chi connectivity index (χ1n) is 9.88. The zero-order valence-corrected chi connectivity index (χ0v) is 17.9. The Labute approximate surface area is 180 Å². The van der Waals surface area contributed by atoms with Gasteiger partial charge < -0.3 is 11.1 Å². The average molecular weight is 431 g/mol. The van der Waals surface area contributed by atoms with Crippen molar-refractivity contribution in [3.63, 3.8) is 0 Å². The molecule has 1 aliphatic carbocycles. The van der Waals surface area contributed by atoms with Crippen LogP contribution in [0.3, 0.4) is 0 Å². The molecule has 29 heavy (non-hydrogen) atoms. The monoisotopic (exact) mass is 430 g/mol. The van der Waals surface area contributed by atoms with E-state index in [2.05, 4.69) is 19.2 Å². The van der Waals surface area contributed by atoms with Gasteiger partial charge in [0.1, 0.15) is 0 Å². The summed E-state index contributed by atoms with van der Waals surface area (Å²) in [4.78, 5) is 24.3. The Bertz CT molecular complexity index is 975. The van der Waals surface area contributed by atoms with Gasteiger partial charge in [0.15, 0.2) is 0 Å². The smallest absolute Gasteiger partial charge is 0.248 e. The fourth-order valence-corrected chi connectivity index (χ4v) is 5.94. The molecule has 3 N–H and O–H groups in total. The Balaban J connectivity index is 1.84. The van der Waals surface area contributed by atoms with Crippen molar-refractivity contribution in [3.8, 4) is 0 Å². The second kappa shape index (κ2) is 7.33. The Morgan fingerprint density at radius 2 is 1.86 bits per heavy atom. The lowest BCUT2D eigenvalue weighted by atomic mass is 9.56. The van der Waals surface area contributed by atoms with E-state index >= 15 is 0 Å². The van der Waals surface area contributed by atoms with Gasteiger partial charge in [-0.05, 0) is 67.0 Å². The van der Waals surface area contributed by atoms with E-state index in [9.17, 15) is 9.59 Å². The molecule has 2 aliphatic rings. The largest absolute Gasteiger partial charge is 0.366 e. The van der Waals surface area contributed by atoms with Crippen LogP contribution in [0.25, 0.3) is 0 Å². The van der Waals surface area contributed by atoms with Crippen LogP contribution in [0.2, 0.25) is 10.0 Å². The maximum Gasteiger partial charge on any atom is 0.248 e. The van der Waals surface area contributed by atoms with E-state index in [4.69, 9.17) is 28.9 Å². The van der Waals surface area contributed by atoms with Crippen molar-refractivity contribution in [2.75, 3.05) is 0 Å². The summed E-state index contributed by atoms with van der Waals surface area (Å²) >= 11 is 12.8. The summed E-state index contributed by atoms with van der Waals surface area (Å²) < 4.78 is 0. The molecule has 2 aromatic rings. The van der Waals surface area contributed by atoms with Gasteiger partial charge in [0.05, 0.1) is 5.41 Å². The van der Waals surface area contributed by atoms with Crippen molar-refractivity contribution in [1.82, 2.24) is 5.32 Å². The number of nitrogens with two attached hydrogens (primary N) is 1. The summed E-state index contributed by atoms with van der Waals surface area (Å²) in [6.07, 6.45) is 1.62. The topological polar surface area (TPSA) is 72.2 Å². The third-order valence-electron chi connectivity index (χ3n) is 6.89. The molecule has 1 aliphatic heterocycles. The molecule has 4 nitrogen and oxygen atoms in total. The van der Waals surface area contributed by atoms with Crippen molar-refractivity contribution in [2.24, 2.45) is 17.1 Å². The third kappa shape index (κ3) is 3.32. The maximum absolute atomic E-state index is 12.8. The van der Waals surface area contributed by atoms with E-state index in [0.29, 0.717) is 15.6 Å². The predicted molar refractivity (Wildman–Crippen MR) is 115 cm³/mol. The fraction of sp³-hybridized carbons (Fsp3) is 0.391. The number of carbonyl (C=O) groups is 2. The summed E-state index contributed by atoms with van der Waals surface area (Å²) in [5.74, 6) is -0.0248. The highest BCUT2D eigenvalue weighted by Crippen LogP contribution is 2.59. The number of hydrogen-bond donors (Lipinski definition) is 2. The lowest BCUT2D eigenvalue weighted by Gasteiger charge is -2.46. The summed E-state index contributed by atoms with van der Waals surface area (Å²) in [5.41, 5.74) is 7.53. The van der Waals surface area contributed by atoms with Crippen LogP contribution in [0, 0.1) is 11.3 Å². The Morgan fingerprint density at radius 3 is 2.48 bits per heavy atom. The van der Waals surface area contributed by atoms with Gasteiger partial charge >= 0.3 is 0 Å². The van der Waals surface area contributed by atoms with Gasteiger partial charge in [0, 0.05) is 27.6 Å². The number of primary amides is 1. The molecular weight excluding hydrogens is 407 g/mol. The number of rotatable bonds is 3. The van der Waals surface area contributed by atoms with Crippen molar-refractivity contribution >= 4 is 35.0 Å². The molecule has 6 heteroatoms. The Hall–Kier alpha value is -2.04. The number of benzene rings is 2. The van der Waals surface area contributed by atoms with E-state index in [1.807, 2.05) is 30.3 Å². The lowest BCUT2D eigenvalue weighted by Crippen LogP contribution is -2.42. The highest BCUT2D eigenvalue weighted by molar-refractivity contribution is 6.32. The van der Waals surface area contributed by atoms with Crippen LogP contribution in [0.5, 0.6) is 0 Å². The van der Waals surface area contributed by atoms with Crippen molar-refractivity contribution in [2.45, 2.75) is 44.6 Å². The minimum atomic E-state index is -0.497.